The first-order valence-corrected chi connectivity index (χ1v) is 8.10. The Morgan fingerprint density at radius 3 is 2.04 bits per heavy atom. The Bertz CT molecular complexity index is 689. The van der Waals surface area contributed by atoms with Crippen molar-refractivity contribution in [2.75, 3.05) is 19.7 Å². The van der Waals surface area contributed by atoms with Crippen LogP contribution in [0, 0.1) is 0 Å². The highest BCUT2D eigenvalue weighted by Gasteiger charge is 2.47. The molecule has 1 aliphatic heterocycles. The molecule has 3 rings (SSSR count). The van der Waals surface area contributed by atoms with Gasteiger partial charge < -0.3 is 10.0 Å². The number of rotatable bonds is 5. The molecule has 124 valence electrons. The molecule has 0 unspecified atom stereocenters. The van der Waals surface area contributed by atoms with Crippen molar-refractivity contribution < 1.29 is 9.90 Å². The lowest BCUT2D eigenvalue weighted by atomic mass is 9.83. The number of guanidine groups is 1. The number of aliphatic imine (C=N–C) groups is 1. The maximum absolute atomic E-state index is 13.0. The lowest BCUT2D eigenvalue weighted by Gasteiger charge is -2.24. The molecule has 2 aromatic rings. The van der Waals surface area contributed by atoms with E-state index in [1.165, 1.54) is 0 Å². The zero-order chi connectivity index (χ0) is 17.0. The average Bonchev–Trinajstić information content (AvgIpc) is 2.99. The minimum atomic E-state index is -1.10. The normalized spacial score (nSPS) is 15.8. The molecule has 1 heterocycles. The summed E-state index contributed by atoms with van der Waals surface area (Å²) >= 11 is 0. The molecular weight excluding hydrogens is 302 g/mol. The maximum Gasteiger partial charge on any atom is 0.264 e. The fourth-order valence-corrected chi connectivity index (χ4v) is 3.03. The van der Waals surface area contributed by atoms with Crippen molar-refractivity contribution in [2.24, 2.45) is 4.99 Å². The molecule has 0 radical (unpaired) electrons. The summed E-state index contributed by atoms with van der Waals surface area (Å²) in [6.07, 6.45) is 0. The van der Waals surface area contributed by atoms with E-state index in [1.807, 2.05) is 72.5 Å². The third-order valence-corrected chi connectivity index (χ3v) is 4.26. The number of carbonyl (C=O) groups excluding carboxylic acids is 1. The third-order valence-electron chi connectivity index (χ3n) is 4.26. The van der Waals surface area contributed by atoms with E-state index >= 15 is 0 Å². The quantitative estimate of drug-likeness (QED) is 0.881. The van der Waals surface area contributed by atoms with Gasteiger partial charge in [-0.05, 0) is 18.1 Å². The first-order chi connectivity index (χ1) is 11.7. The minimum absolute atomic E-state index is 0.00635. The van der Waals surface area contributed by atoms with Crippen LogP contribution in [-0.2, 0) is 10.3 Å². The van der Waals surface area contributed by atoms with Gasteiger partial charge in [0, 0.05) is 13.1 Å². The van der Waals surface area contributed by atoms with Gasteiger partial charge in [0.1, 0.15) is 0 Å². The Hall–Kier alpha value is -2.66. The van der Waals surface area contributed by atoms with Crippen LogP contribution in [0.3, 0.4) is 0 Å². The Balaban J connectivity index is 2.16. The molecule has 2 N–H and O–H groups in total. The summed E-state index contributed by atoms with van der Waals surface area (Å²) in [4.78, 5) is 19.7. The van der Waals surface area contributed by atoms with Crippen LogP contribution >= 0.6 is 0 Å². The van der Waals surface area contributed by atoms with Crippen molar-refractivity contribution >= 4 is 11.9 Å². The molecule has 0 saturated carbocycles. The van der Waals surface area contributed by atoms with Crippen molar-refractivity contribution in [2.45, 2.75) is 12.5 Å². The number of nitrogens with one attached hydrogen (secondary N) is 1. The van der Waals surface area contributed by atoms with Crippen LogP contribution in [0.25, 0.3) is 0 Å². The van der Waals surface area contributed by atoms with Gasteiger partial charge in [0.25, 0.3) is 5.91 Å². The fourth-order valence-electron chi connectivity index (χ4n) is 3.03. The summed E-state index contributed by atoms with van der Waals surface area (Å²) in [6.45, 7) is 3.05. The largest absolute Gasteiger partial charge is 0.395 e. The van der Waals surface area contributed by atoms with Crippen molar-refractivity contribution in [3.8, 4) is 0 Å². The topological polar surface area (TPSA) is 64.9 Å². The Morgan fingerprint density at radius 1 is 1.04 bits per heavy atom. The molecule has 0 atom stereocenters. The predicted molar refractivity (Wildman–Crippen MR) is 93.6 cm³/mol. The number of aliphatic hydroxyl groups is 1. The summed E-state index contributed by atoms with van der Waals surface area (Å²) < 4.78 is 0. The summed E-state index contributed by atoms with van der Waals surface area (Å²) in [7, 11) is 0. The van der Waals surface area contributed by atoms with E-state index in [-0.39, 0.29) is 12.5 Å². The Morgan fingerprint density at radius 2 is 1.58 bits per heavy atom. The van der Waals surface area contributed by atoms with E-state index in [2.05, 4.69) is 5.32 Å². The zero-order valence-electron chi connectivity index (χ0n) is 13.6. The lowest BCUT2D eigenvalue weighted by molar-refractivity contribution is -0.122. The second kappa shape index (κ2) is 6.84. The standard InChI is InChI=1S/C19H21N3O2/c1-2-22(13-14-23)18-20-17(24)19(21-18,15-9-5-3-6-10-15)16-11-7-4-8-12-16/h3-12,23H,2,13-14H2,1H3,(H,20,21,24). The molecule has 5 nitrogen and oxygen atoms in total. The molecule has 0 bridgehead atoms. The molecule has 0 spiro atoms. The summed E-state index contributed by atoms with van der Waals surface area (Å²) in [5.74, 6) is 0.329. The molecule has 5 heteroatoms. The predicted octanol–water partition coefficient (Wildman–Crippen LogP) is 1.73. The van der Waals surface area contributed by atoms with Crippen molar-refractivity contribution in [3.05, 3.63) is 71.8 Å². The van der Waals surface area contributed by atoms with Crippen molar-refractivity contribution in [1.29, 1.82) is 0 Å². The molecule has 0 fully saturated rings. The van der Waals surface area contributed by atoms with Crippen LogP contribution in [0.1, 0.15) is 18.1 Å². The summed E-state index contributed by atoms with van der Waals surface area (Å²) in [6, 6.07) is 19.1. The number of hydrogen-bond donors (Lipinski definition) is 2. The zero-order valence-corrected chi connectivity index (χ0v) is 13.6. The van der Waals surface area contributed by atoms with Crippen LogP contribution in [0.2, 0.25) is 0 Å². The molecule has 1 amide bonds. The Labute approximate surface area is 141 Å². The molecule has 1 aliphatic rings. The number of hydrogen-bond acceptors (Lipinski definition) is 4. The van der Waals surface area contributed by atoms with Gasteiger partial charge in [-0.25, -0.2) is 4.99 Å². The highest BCUT2D eigenvalue weighted by Crippen LogP contribution is 2.37. The highest BCUT2D eigenvalue weighted by molar-refractivity contribution is 6.09. The van der Waals surface area contributed by atoms with Gasteiger partial charge in [-0.3, -0.25) is 10.1 Å². The van der Waals surface area contributed by atoms with Crippen LogP contribution < -0.4 is 5.32 Å². The van der Waals surface area contributed by atoms with Crippen LogP contribution in [0.4, 0.5) is 0 Å². The molecule has 24 heavy (non-hydrogen) atoms. The molecule has 0 aliphatic carbocycles. The first-order valence-electron chi connectivity index (χ1n) is 8.10. The van der Waals surface area contributed by atoms with E-state index in [0.29, 0.717) is 19.0 Å². The number of carbonyl (C=O) groups is 1. The maximum atomic E-state index is 13.0. The molecule has 0 aromatic heterocycles. The number of benzene rings is 2. The highest BCUT2D eigenvalue weighted by atomic mass is 16.3. The second-order valence-electron chi connectivity index (χ2n) is 5.64. The smallest absolute Gasteiger partial charge is 0.264 e. The van der Waals surface area contributed by atoms with Gasteiger partial charge in [0.15, 0.2) is 5.54 Å². The van der Waals surface area contributed by atoms with Gasteiger partial charge in [0.2, 0.25) is 5.96 Å². The summed E-state index contributed by atoms with van der Waals surface area (Å²) in [5.41, 5.74) is 0.549. The number of amides is 1. The monoisotopic (exact) mass is 323 g/mol. The van der Waals surface area contributed by atoms with Crippen LogP contribution in [0.15, 0.2) is 65.7 Å². The molecule has 2 aromatic carbocycles. The van der Waals surface area contributed by atoms with E-state index < -0.39 is 5.54 Å². The minimum Gasteiger partial charge on any atom is -0.395 e. The van der Waals surface area contributed by atoms with Crippen molar-refractivity contribution in [3.63, 3.8) is 0 Å². The van der Waals surface area contributed by atoms with Crippen LogP contribution in [-0.4, -0.2) is 41.6 Å². The average molecular weight is 323 g/mol. The lowest BCUT2D eigenvalue weighted by Crippen LogP contribution is -2.43. The van der Waals surface area contributed by atoms with Gasteiger partial charge in [-0.1, -0.05) is 60.7 Å². The molecular formula is C19H21N3O2. The Kier molecular flexibility index (Phi) is 4.62. The third kappa shape index (κ3) is 2.67. The number of likely N-dealkylation sites (N-methyl/N-ethyl adjacent to an activating group) is 1. The van der Waals surface area contributed by atoms with Gasteiger partial charge in [-0.2, -0.15) is 0 Å². The number of aliphatic hydroxyl groups excluding tert-OH is 1. The second-order valence-corrected chi connectivity index (χ2v) is 5.64. The van der Waals surface area contributed by atoms with E-state index in [4.69, 9.17) is 4.99 Å². The first kappa shape index (κ1) is 16.2. The van der Waals surface area contributed by atoms with Gasteiger partial charge in [-0.15, -0.1) is 0 Å². The van der Waals surface area contributed by atoms with Crippen LogP contribution in [0.5, 0.6) is 0 Å². The van der Waals surface area contributed by atoms with E-state index in [1.54, 1.807) is 0 Å². The molecule has 0 saturated heterocycles. The van der Waals surface area contributed by atoms with E-state index in [0.717, 1.165) is 11.1 Å². The van der Waals surface area contributed by atoms with E-state index in [9.17, 15) is 9.90 Å². The number of nitrogens with zero attached hydrogens (tertiary/aromatic N) is 2. The van der Waals surface area contributed by atoms with Gasteiger partial charge >= 0.3 is 0 Å². The fraction of sp³-hybridized carbons (Fsp3) is 0.263. The van der Waals surface area contributed by atoms with Gasteiger partial charge in [0.05, 0.1) is 6.61 Å². The summed E-state index contributed by atoms with van der Waals surface area (Å²) in [5, 5.41) is 12.2. The van der Waals surface area contributed by atoms with Crippen molar-refractivity contribution in [1.82, 2.24) is 10.2 Å². The SMILES string of the molecule is CCN(CCO)C1=NC(c2ccccc2)(c2ccccc2)C(=O)N1.